The molecule has 118 valence electrons. The van der Waals surface area contributed by atoms with Crippen LogP contribution >= 0.6 is 0 Å². The second-order valence-corrected chi connectivity index (χ2v) is 4.59. The molecule has 0 saturated heterocycles. The Bertz CT molecular complexity index is 667. The van der Waals surface area contributed by atoms with Crippen LogP contribution in [0.5, 0.6) is 0 Å². The number of rotatable bonds is 4. The molecule has 0 fully saturated rings. The van der Waals surface area contributed by atoms with Crippen LogP contribution in [0, 0.1) is 0 Å². The van der Waals surface area contributed by atoms with Crippen LogP contribution in [0.15, 0.2) is 30.5 Å². The molecule has 1 unspecified atom stereocenters. The lowest BCUT2D eigenvalue weighted by molar-refractivity contribution is -0.147. The van der Waals surface area contributed by atoms with Crippen molar-refractivity contribution in [2.75, 3.05) is 6.61 Å². The highest BCUT2D eigenvalue weighted by atomic mass is 19.4. The van der Waals surface area contributed by atoms with Gasteiger partial charge in [0, 0.05) is 5.56 Å². The van der Waals surface area contributed by atoms with Crippen molar-refractivity contribution in [2.45, 2.75) is 26.1 Å². The Morgan fingerprint density at radius 2 is 2.14 bits per heavy atom. The minimum absolute atomic E-state index is 0.234. The van der Waals surface area contributed by atoms with Gasteiger partial charge in [-0.25, -0.2) is 9.48 Å². The maximum atomic E-state index is 12.7. The van der Waals surface area contributed by atoms with E-state index in [2.05, 4.69) is 10.3 Å². The molecule has 5 nitrogen and oxygen atoms in total. The molecule has 8 heteroatoms. The van der Waals surface area contributed by atoms with Crippen LogP contribution in [-0.4, -0.2) is 27.6 Å². The Balaban J connectivity index is 2.27. The molecule has 0 N–H and O–H groups in total. The average molecular weight is 313 g/mol. The second-order valence-electron chi connectivity index (χ2n) is 4.59. The highest BCUT2D eigenvalue weighted by Gasteiger charge is 2.30. The maximum absolute atomic E-state index is 12.7. The molecular weight excluding hydrogens is 299 g/mol. The first kappa shape index (κ1) is 16.0. The molecule has 0 radical (unpaired) electrons. The number of carbonyl (C=O) groups is 1. The second kappa shape index (κ2) is 6.17. The zero-order valence-electron chi connectivity index (χ0n) is 12.0. The van der Waals surface area contributed by atoms with E-state index in [1.807, 2.05) is 0 Å². The van der Waals surface area contributed by atoms with Crippen LogP contribution in [-0.2, 0) is 15.7 Å². The maximum Gasteiger partial charge on any atom is 0.416 e. The van der Waals surface area contributed by atoms with E-state index in [0.717, 1.165) is 12.1 Å². The van der Waals surface area contributed by atoms with Gasteiger partial charge in [0.25, 0.3) is 0 Å². The molecule has 0 aliphatic carbocycles. The summed E-state index contributed by atoms with van der Waals surface area (Å²) in [6.07, 6.45) is -3.01. The lowest BCUT2D eigenvalue weighted by Crippen LogP contribution is -2.19. The standard InChI is InChI=1S/C14H14F3N3O2/c1-3-22-13(21)9(2)20-8-12(18-19-20)10-5-4-6-11(7-10)14(15,16)17/h4-9H,3H2,1-2H3. The van der Waals surface area contributed by atoms with E-state index in [1.54, 1.807) is 13.8 Å². The van der Waals surface area contributed by atoms with E-state index in [-0.39, 0.29) is 17.9 Å². The number of benzene rings is 1. The molecule has 0 aliphatic rings. The molecule has 0 saturated carbocycles. The number of alkyl halides is 3. The highest BCUT2D eigenvalue weighted by Crippen LogP contribution is 2.31. The van der Waals surface area contributed by atoms with Gasteiger partial charge in [0.1, 0.15) is 11.7 Å². The molecular formula is C14H14F3N3O2. The van der Waals surface area contributed by atoms with E-state index in [1.165, 1.54) is 23.0 Å². The molecule has 0 spiro atoms. The van der Waals surface area contributed by atoms with Gasteiger partial charge >= 0.3 is 12.1 Å². The molecule has 2 rings (SSSR count). The molecule has 1 heterocycles. The van der Waals surface area contributed by atoms with E-state index in [4.69, 9.17) is 4.74 Å². The van der Waals surface area contributed by atoms with Gasteiger partial charge in [0.05, 0.1) is 18.4 Å². The van der Waals surface area contributed by atoms with E-state index >= 15 is 0 Å². The fourth-order valence-corrected chi connectivity index (χ4v) is 1.82. The zero-order chi connectivity index (χ0) is 16.3. The monoisotopic (exact) mass is 313 g/mol. The number of ether oxygens (including phenoxy) is 1. The Kier molecular flexibility index (Phi) is 4.48. The number of hydrogen-bond acceptors (Lipinski definition) is 4. The summed E-state index contributed by atoms with van der Waals surface area (Å²) < 4.78 is 44.2. The van der Waals surface area contributed by atoms with E-state index < -0.39 is 23.8 Å². The molecule has 22 heavy (non-hydrogen) atoms. The first-order chi connectivity index (χ1) is 10.3. The molecule has 1 aromatic heterocycles. The largest absolute Gasteiger partial charge is 0.464 e. The van der Waals surface area contributed by atoms with Gasteiger partial charge in [0.2, 0.25) is 0 Å². The first-order valence-corrected chi connectivity index (χ1v) is 6.59. The van der Waals surface area contributed by atoms with Crippen LogP contribution in [0.3, 0.4) is 0 Å². The van der Waals surface area contributed by atoms with Gasteiger partial charge in [0.15, 0.2) is 0 Å². The van der Waals surface area contributed by atoms with Gasteiger partial charge in [-0.1, -0.05) is 17.3 Å². The number of halogens is 3. The van der Waals surface area contributed by atoms with Gasteiger partial charge in [-0.3, -0.25) is 0 Å². The van der Waals surface area contributed by atoms with Crippen molar-refractivity contribution in [1.29, 1.82) is 0 Å². The number of esters is 1. The van der Waals surface area contributed by atoms with Crippen molar-refractivity contribution >= 4 is 5.97 Å². The summed E-state index contributed by atoms with van der Waals surface area (Å²) in [4.78, 5) is 11.6. The van der Waals surface area contributed by atoms with Crippen LogP contribution in [0.25, 0.3) is 11.3 Å². The third kappa shape index (κ3) is 3.44. The SMILES string of the molecule is CCOC(=O)C(C)n1cc(-c2cccc(C(F)(F)F)c2)nn1. The van der Waals surface area contributed by atoms with Crippen LogP contribution in [0.2, 0.25) is 0 Å². The van der Waals surface area contributed by atoms with Gasteiger partial charge < -0.3 is 4.74 Å². The highest BCUT2D eigenvalue weighted by molar-refractivity contribution is 5.73. The summed E-state index contributed by atoms with van der Waals surface area (Å²) in [5, 5.41) is 7.58. The Morgan fingerprint density at radius 1 is 1.41 bits per heavy atom. The number of nitrogens with zero attached hydrogens (tertiary/aromatic N) is 3. The lowest BCUT2D eigenvalue weighted by atomic mass is 10.1. The number of aromatic nitrogens is 3. The number of hydrogen-bond donors (Lipinski definition) is 0. The summed E-state index contributed by atoms with van der Waals surface area (Å²) in [6.45, 7) is 3.49. The quantitative estimate of drug-likeness (QED) is 0.814. The van der Waals surface area contributed by atoms with Crippen LogP contribution in [0.4, 0.5) is 13.2 Å². The minimum atomic E-state index is -4.43. The summed E-state index contributed by atoms with van der Waals surface area (Å²) in [7, 11) is 0. The topological polar surface area (TPSA) is 57.0 Å². The zero-order valence-corrected chi connectivity index (χ0v) is 12.0. The minimum Gasteiger partial charge on any atom is -0.464 e. The molecule has 1 aromatic carbocycles. The van der Waals surface area contributed by atoms with Crippen molar-refractivity contribution in [1.82, 2.24) is 15.0 Å². The van der Waals surface area contributed by atoms with Crippen molar-refractivity contribution in [3.05, 3.63) is 36.0 Å². The van der Waals surface area contributed by atoms with Crippen LogP contribution < -0.4 is 0 Å². The molecule has 0 bridgehead atoms. The fraction of sp³-hybridized carbons (Fsp3) is 0.357. The first-order valence-electron chi connectivity index (χ1n) is 6.59. The normalized spacial score (nSPS) is 13.0. The molecule has 0 aliphatic heterocycles. The van der Waals surface area contributed by atoms with Crippen molar-refractivity contribution in [3.8, 4) is 11.3 Å². The predicted octanol–water partition coefficient (Wildman–Crippen LogP) is 3.09. The number of carbonyl (C=O) groups excluding carboxylic acids is 1. The molecule has 2 aromatic rings. The fourth-order valence-electron chi connectivity index (χ4n) is 1.82. The van der Waals surface area contributed by atoms with E-state index in [9.17, 15) is 18.0 Å². The Labute approximate surface area is 124 Å². The van der Waals surface area contributed by atoms with Crippen molar-refractivity contribution in [2.24, 2.45) is 0 Å². The summed E-state index contributed by atoms with van der Waals surface area (Å²) in [6, 6.07) is 4.07. The molecule has 0 amide bonds. The Morgan fingerprint density at radius 3 is 2.77 bits per heavy atom. The smallest absolute Gasteiger partial charge is 0.416 e. The summed E-state index contributed by atoms with van der Waals surface area (Å²) in [5.41, 5.74) is -0.239. The van der Waals surface area contributed by atoms with Gasteiger partial charge in [-0.05, 0) is 26.0 Å². The van der Waals surface area contributed by atoms with Crippen LogP contribution in [0.1, 0.15) is 25.5 Å². The third-order valence-electron chi connectivity index (χ3n) is 3.02. The third-order valence-corrected chi connectivity index (χ3v) is 3.02. The summed E-state index contributed by atoms with van der Waals surface area (Å²) >= 11 is 0. The molecule has 1 atom stereocenters. The Hall–Kier alpha value is -2.38. The predicted molar refractivity (Wildman–Crippen MR) is 71.8 cm³/mol. The lowest BCUT2D eigenvalue weighted by Gasteiger charge is -2.09. The summed E-state index contributed by atoms with van der Waals surface area (Å²) in [5.74, 6) is -0.483. The van der Waals surface area contributed by atoms with Gasteiger partial charge in [-0.2, -0.15) is 13.2 Å². The average Bonchev–Trinajstić information content (AvgIpc) is 2.95. The van der Waals surface area contributed by atoms with Crippen molar-refractivity contribution in [3.63, 3.8) is 0 Å². The van der Waals surface area contributed by atoms with Gasteiger partial charge in [-0.15, -0.1) is 5.10 Å². The van der Waals surface area contributed by atoms with E-state index in [0.29, 0.717) is 0 Å². The van der Waals surface area contributed by atoms with Crippen molar-refractivity contribution < 1.29 is 22.7 Å².